The third-order valence-electron chi connectivity index (χ3n) is 2.80. The van der Waals surface area contributed by atoms with Gasteiger partial charge >= 0.3 is 0 Å². The lowest BCUT2D eigenvalue weighted by Crippen LogP contribution is -2.12. The van der Waals surface area contributed by atoms with Crippen LogP contribution in [-0.2, 0) is 0 Å². The lowest BCUT2D eigenvalue weighted by molar-refractivity contribution is 0.120. The van der Waals surface area contributed by atoms with Crippen molar-refractivity contribution in [1.29, 1.82) is 0 Å². The van der Waals surface area contributed by atoms with E-state index >= 15 is 0 Å². The van der Waals surface area contributed by atoms with Gasteiger partial charge < -0.3 is 9.84 Å². The zero-order chi connectivity index (χ0) is 11.4. The van der Waals surface area contributed by atoms with Gasteiger partial charge in [0.1, 0.15) is 5.75 Å². The number of pyridine rings is 1. The molecule has 0 radical (unpaired) electrons. The van der Waals surface area contributed by atoms with Gasteiger partial charge in [-0.25, -0.2) is 0 Å². The van der Waals surface area contributed by atoms with Crippen LogP contribution in [0.3, 0.4) is 0 Å². The van der Waals surface area contributed by atoms with Crippen LogP contribution in [0.1, 0.15) is 25.0 Å². The van der Waals surface area contributed by atoms with Crippen LogP contribution in [0, 0.1) is 5.92 Å². The van der Waals surface area contributed by atoms with Crippen LogP contribution in [-0.4, -0.2) is 28.2 Å². The first kappa shape index (κ1) is 11.7. The summed E-state index contributed by atoms with van der Waals surface area (Å²) in [5, 5.41) is 10.2. The molecule has 0 aromatic carbocycles. The number of nitrogens with zero attached hydrogens (tertiary/aromatic N) is 1. The summed E-state index contributed by atoms with van der Waals surface area (Å²) >= 11 is 1.91. The van der Waals surface area contributed by atoms with Crippen LogP contribution in [0.5, 0.6) is 5.75 Å². The van der Waals surface area contributed by atoms with E-state index in [1.54, 1.807) is 12.4 Å². The Bertz CT molecular complexity index is 340. The van der Waals surface area contributed by atoms with Gasteiger partial charge in [0.25, 0.3) is 0 Å². The van der Waals surface area contributed by atoms with Gasteiger partial charge in [0.05, 0.1) is 18.9 Å². The van der Waals surface area contributed by atoms with Crippen molar-refractivity contribution in [2.75, 3.05) is 18.1 Å². The van der Waals surface area contributed by atoms with Gasteiger partial charge in [-0.3, -0.25) is 4.98 Å². The summed E-state index contributed by atoms with van der Waals surface area (Å²) < 4.78 is 5.38. The van der Waals surface area contributed by atoms with Gasteiger partial charge in [-0.1, -0.05) is 0 Å². The summed E-state index contributed by atoms with van der Waals surface area (Å²) in [5.74, 6) is 3.30. The van der Waals surface area contributed by atoms with E-state index in [4.69, 9.17) is 4.74 Å². The molecule has 1 aromatic rings. The highest BCUT2D eigenvalue weighted by Crippen LogP contribution is 2.34. The molecule has 0 amide bonds. The van der Waals surface area contributed by atoms with Gasteiger partial charge in [0.15, 0.2) is 0 Å². The third-order valence-corrected chi connectivity index (χ3v) is 3.99. The molecule has 0 spiro atoms. The highest BCUT2D eigenvalue weighted by molar-refractivity contribution is 7.99. The molecule has 16 heavy (non-hydrogen) atoms. The average molecular weight is 239 g/mol. The normalized spacial score (nSPS) is 22.0. The molecule has 2 unspecified atom stereocenters. The monoisotopic (exact) mass is 239 g/mol. The third kappa shape index (κ3) is 2.68. The Morgan fingerprint density at radius 3 is 3.19 bits per heavy atom. The first-order valence-electron chi connectivity index (χ1n) is 5.65. The molecule has 3 nitrogen and oxygen atoms in total. The molecule has 0 aliphatic carbocycles. The molecule has 0 bridgehead atoms. The Hall–Kier alpha value is -0.740. The van der Waals surface area contributed by atoms with Crippen LogP contribution in [0.4, 0.5) is 0 Å². The predicted octanol–water partition coefficient (Wildman–Crippen LogP) is 2.27. The molecular formula is C12H17NO2S. The van der Waals surface area contributed by atoms with Crippen LogP contribution in [0.25, 0.3) is 0 Å². The molecule has 1 aliphatic rings. The van der Waals surface area contributed by atoms with E-state index in [0.29, 0.717) is 12.5 Å². The van der Waals surface area contributed by atoms with Crippen LogP contribution in [0.2, 0.25) is 0 Å². The number of aromatic nitrogens is 1. The van der Waals surface area contributed by atoms with E-state index in [1.165, 1.54) is 0 Å². The lowest BCUT2D eigenvalue weighted by Gasteiger charge is -2.17. The lowest BCUT2D eigenvalue weighted by atomic mass is 9.96. The van der Waals surface area contributed by atoms with E-state index in [-0.39, 0.29) is 0 Å². The Kier molecular flexibility index (Phi) is 4.07. The number of ether oxygens (including phenoxy) is 1. The maximum atomic E-state index is 10.2. The van der Waals surface area contributed by atoms with Crippen LogP contribution < -0.4 is 4.74 Å². The summed E-state index contributed by atoms with van der Waals surface area (Å²) in [4.78, 5) is 4.10. The first-order valence-corrected chi connectivity index (χ1v) is 6.80. The number of thioether (sulfide) groups is 1. The number of aliphatic hydroxyl groups excluding tert-OH is 1. The Balaban J connectivity index is 2.09. The van der Waals surface area contributed by atoms with Crippen molar-refractivity contribution in [2.45, 2.75) is 19.4 Å². The summed E-state index contributed by atoms with van der Waals surface area (Å²) in [6.07, 6.45) is 4.10. The maximum absolute atomic E-state index is 10.2. The number of aliphatic hydroxyl groups is 1. The molecular weight excluding hydrogens is 222 g/mol. The van der Waals surface area contributed by atoms with Crippen LogP contribution >= 0.6 is 11.8 Å². The van der Waals surface area contributed by atoms with E-state index in [1.807, 2.05) is 24.8 Å². The van der Waals surface area contributed by atoms with E-state index in [2.05, 4.69) is 4.98 Å². The fraction of sp³-hybridized carbons (Fsp3) is 0.583. The largest absolute Gasteiger partial charge is 0.492 e. The highest BCUT2D eigenvalue weighted by atomic mass is 32.2. The van der Waals surface area contributed by atoms with Gasteiger partial charge in [-0.05, 0) is 36.8 Å². The van der Waals surface area contributed by atoms with E-state index in [9.17, 15) is 5.11 Å². The number of rotatable bonds is 4. The van der Waals surface area contributed by atoms with Gasteiger partial charge in [-0.2, -0.15) is 11.8 Å². The quantitative estimate of drug-likeness (QED) is 0.875. The molecule has 1 N–H and O–H groups in total. The highest BCUT2D eigenvalue weighted by Gasteiger charge is 2.25. The van der Waals surface area contributed by atoms with Crippen molar-refractivity contribution in [1.82, 2.24) is 4.98 Å². The Labute approximate surface area is 100 Å². The number of hydrogen-bond donors (Lipinski definition) is 1. The van der Waals surface area contributed by atoms with Crippen molar-refractivity contribution < 1.29 is 9.84 Å². The topological polar surface area (TPSA) is 42.4 Å². The summed E-state index contributed by atoms with van der Waals surface area (Å²) in [6.45, 7) is 2.57. The molecule has 1 aromatic heterocycles. The second-order valence-corrected chi connectivity index (χ2v) is 5.11. The molecule has 2 rings (SSSR count). The molecule has 0 saturated carbocycles. The zero-order valence-corrected chi connectivity index (χ0v) is 10.2. The van der Waals surface area contributed by atoms with Crippen LogP contribution in [0.15, 0.2) is 18.5 Å². The Morgan fingerprint density at radius 2 is 2.50 bits per heavy atom. The zero-order valence-electron chi connectivity index (χ0n) is 9.43. The predicted molar refractivity (Wildman–Crippen MR) is 65.8 cm³/mol. The standard InChI is InChI=1S/C12H17NO2S/c1-2-15-11-5-10(6-13-7-11)12(14)9-3-4-16-8-9/h5-7,9,12,14H,2-4,8H2,1H3. The minimum absolute atomic E-state index is 0.365. The van der Waals surface area contributed by atoms with Crippen molar-refractivity contribution in [3.8, 4) is 5.75 Å². The van der Waals surface area contributed by atoms with Crippen molar-refractivity contribution >= 4 is 11.8 Å². The first-order chi connectivity index (χ1) is 7.81. The smallest absolute Gasteiger partial charge is 0.137 e. The summed E-state index contributed by atoms with van der Waals surface area (Å²) in [5.41, 5.74) is 0.874. The minimum Gasteiger partial charge on any atom is -0.492 e. The summed E-state index contributed by atoms with van der Waals surface area (Å²) in [6, 6.07) is 1.89. The van der Waals surface area contributed by atoms with Crippen molar-refractivity contribution in [2.24, 2.45) is 5.92 Å². The second kappa shape index (κ2) is 5.55. The fourth-order valence-corrected chi connectivity index (χ4v) is 3.20. The molecule has 1 fully saturated rings. The van der Waals surface area contributed by atoms with E-state index < -0.39 is 6.10 Å². The average Bonchev–Trinajstić information content (AvgIpc) is 2.82. The minimum atomic E-state index is -0.400. The molecule has 1 aliphatic heterocycles. The van der Waals surface area contributed by atoms with Crippen molar-refractivity contribution in [3.63, 3.8) is 0 Å². The molecule has 2 atom stereocenters. The second-order valence-electron chi connectivity index (χ2n) is 3.96. The van der Waals surface area contributed by atoms with Gasteiger partial charge in [-0.15, -0.1) is 0 Å². The molecule has 1 saturated heterocycles. The van der Waals surface area contributed by atoms with Crippen molar-refractivity contribution in [3.05, 3.63) is 24.0 Å². The number of hydrogen-bond acceptors (Lipinski definition) is 4. The Morgan fingerprint density at radius 1 is 1.62 bits per heavy atom. The molecule has 88 valence electrons. The SMILES string of the molecule is CCOc1cncc(C(O)C2CCSC2)c1. The molecule has 4 heteroatoms. The molecule has 2 heterocycles. The van der Waals surface area contributed by atoms with Gasteiger partial charge in [0, 0.05) is 11.8 Å². The van der Waals surface area contributed by atoms with E-state index in [0.717, 1.165) is 29.2 Å². The summed E-state index contributed by atoms with van der Waals surface area (Å²) in [7, 11) is 0. The fourth-order valence-electron chi connectivity index (χ4n) is 1.92. The maximum Gasteiger partial charge on any atom is 0.137 e. The van der Waals surface area contributed by atoms with Gasteiger partial charge in [0.2, 0.25) is 0 Å².